The molecule has 2 aliphatic heterocycles. The van der Waals surface area contributed by atoms with Gasteiger partial charge < -0.3 is 10.2 Å². The molecular weight excluding hydrogens is 394 g/mol. The molecule has 0 bridgehead atoms. The SMILES string of the molecule is CN(C(=O)CN1C(=O)NC(C)(c2ccc(Cl)cc2)C1=O)C1CCS(=O)(=O)C1. The molecule has 1 aromatic carbocycles. The molecule has 2 unspecified atom stereocenters. The minimum absolute atomic E-state index is 0.0348. The number of nitrogens with one attached hydrogen (secondary N) is 1. The van der Waals surface area contributed by atoms with E-state index in [4.69, 9.17) is 11.6 Å². The number of carbonyl (C=O) groups is 3. The van der Waals surface area contributed by atoms with Crippen molar-refractivity contribution < 1.29 is 22.8 Å². The number of hydrogen-bond acceptors (Lipinski definition) is 5. The Morgan fingerprint density at radius 2 is 1.96 bits per heavy atom. The van der Waals surface area contributed by atoms with Crippen molar-refractivity contribution in [2.24, 2.45) is 0 Å². The second kappa shape index (κ2) is 6.79. The summed E-state index contributed by atoms with van der Waals surface area (Å²) in [6.07, 6.45) is 0.354. The summed E-state index contributed by atoms with van der Waals surface area (Å²) >= 11 is 5.87. The predicted octanol–water partition coefficient (Wildman–Crippen LogP) is 0.752. The summed E-state index contributed by atoms with van der Waals surface area (Å²) in [5.41, 5.74) is -0.743. The fourth-order valence-electron chi connectivity index (χ4n) is 3.35. The Morgan fingerprint density at radius 3 is 2.52 bits per heavy atom. The zero-order chi connectivity index (χ0) is 20.0. The van der Waals surface area contributed by atoms with E-state index < -0.39 is 45.8 Å². The molecule has 0 radical (unpaired) electrons. The number of benzene rings is 1. The van der Waals surface area contributed by atoms with Crippen LogP contribution in [0, 0.1) is 0 Å². The Morgan fingerprint density at radius 1 is 1.33 bits per heavy atom. The van der Waals surface area contributed by atoms with Crippen molar-refractivity contribution in [2.75, 3.05) is 25.1 Å². The van der Waals surface area contributed by atoms with E-state index in [9.17, 15) is 22.8 Å². The van der Waals surface area contributed by atoms with Gasteiger partial charge in [0.25, 0.3) is 5.91 Å². The molecule has 2 aliphatic rings. The summed E-state index contributed by atoms with van der Waals surface area (Å²) in [7, 11) is -1.65. The molecule has 4 amide bonds. The highest BCUT2D eigenvalue weighted by atomic mass is 35.5. The van der Waals surface area contributed by atoms with Crippen LogP contribution in [0.3, 0.4) is 0 Å². The standard InChI is InChI=1S/C17H20ClN3O5S/c1-17(11-3-5-12(18)6-4-11)15(23)21(16(24)19-17)9-14(22)20(2)13-7-8-27(25,26)10-13/h3-6,13H,7-10H2,1-2H3,(H,19,24). The van der Waals surface area contributed by atoms with Gasteiger partial charge in [0.2, 0.25) is 5.91 Å². The fourth-order valence-corrected chi connectivity index (χ4v) is 5.25. The summed E-state index contributed by atoms with van der Waals surface area (Å²) in [6.45, 7) is 1.12. The van der Waals surface area contributed by atoms with Gasteiger partial charge in [0, 0.05) is 18.1 Å². The number of halogens is 1. The number of sulfone groups is 1. The van der Waals surface area contributed by atoms with E-state index in [2.05, 4.69) is 5.32 Å². The number of urea groups is 1. The molecule has 1 N–H and O–H groups in total. The molecular formula is C17H20ClN3O5S. The van der Waals surface area contributed by atoms with Gasteiger partial charge >= 0.3 is 6.03 Å². The lowest BCUT2D eigenvalue weighted by molar-refractivity contribution is -0.139. The molecule has 0 spiro atoms. The minimum atomic E-state index is -3.15. The molecule has 146 valence electrons. The average molecular weight is 414 g/mol. The smallest absolute Gasteiger partial charge is 0.325 e. The van der Waals surface area contributed by atoms with Crippen LogP contribution in [-0.4, -0.2) is 67.2 Å². The largest absolute Gasteiger partial charge is 0.340 e. The van der Waals surface area contributed by atoms with E-state index in [1.54, 1.807) is 31.2 Å². The highest BCUT2D eigenvalue weighted by Crippen LogP contribution is 2.29. The lowest BCUT2D eigenvalue weighted by atomic mass is 9.92. The summed E-state index contributed by atoms with van der Waals surface area (Å²) in [6, 6.07) is 5.40. The fraction of sp³-hybridized carbons (Fsp3) is 0.471. The van der Waals surface area contributed by atoms with Crippen molar-refractivity contribution in [3.05, 3.63) is 34.9 Å². The normalized spacial score (nSPS) is 26.9. The molecule has 2 atom stereocenters. The number of rotatable bonds is 4. The van der Waals surface area contributed by atoms with Crippen LogP contribution in [0.15, 0.2) is 24.3 Å². The number of likely N-dealkylation sites (N-methyl/N-ethyl adjacent to an activating group) is 1. The quantitative estimate of drug-likeness (QED) is 0.733. The number of imide groups is 1. The second-order valence-corrected chi connectivity index (χ2v) is 9.68. The van der Waals surface area contributed by atoms with Crippen LogP contribution >= 0.6 is 11.6 Å². The summed E-state index contributed by atoms with van der Waals surface area (Å²) < 4.78 is 23.2. The van der Waals surface area contributed by atoms with Gasteiger partial charge in [-0.25, -0.2) is 13.2 Å². The number of carbonyl (C=O) groups excluding carboxylic acids is 3. The van der Waals surface area contributed by atoms with Crippen molar-refractivity contribution in [3.63, 3.8) is 0 Å². The third-order valence-electron chi connectivity index (χ3n) is 5.14. The highest BCUT2D eigenvalue weighted by molar-refractivity contribution is 7.91. The molecule has 2 saturated heterocycles. The maximum absolute atomic E-state index is 12.8. The first-order valence-electron chi connectivity index (χ1n) is 8.40. The van der Waals surface area contributed by atoms with E-state index in [1.807, 2.05) is 0 Å². The first kappa shape index (κ1) is 19.6. The maximum atomic E-state index is 12.8. The molecule has 27 heavy (non-hydrogen) atoms. The number of amides is 4. The lowest BCUT2D eigenvalue weighted by Crippen LogP contribution is -2.46. The summed E-state index contributed by atoms with van der Waals surface area (Å²) in [5.74, 6) is -1.10. The van der Waals surface area contributed by atoms with Crippen molar-refractivity contribution in [2.45, 2.75) is 24.9 Å². The highest BCUT2D eigenvalue weighted by Gasteiger charge is 2.50. The van der Waals surface area contributed by atoms with E-state index in [-0.39, 0.29) is 11.5 Å². The van der Waals surface area contributed by atoms with Gasteiger partial charge in [-0.15, -0.1) is 0 Å². The van der Waals surface area contributed by atoms with Crippen molar-refractivity contribution in [1.29, 1.82) is 0 Å². The van der Waals surface area contributed by atoms with E-state index in [0.29, 0.717) is 17.0 Å². The number of hydrogen-bond donors (Lipinski definition) is 1. The Balaban J connectivity index is 1.74. The summed E-state index contributed by atoms with van der Waals surface area (Å²) in [4.78, 5) is 39.9. The second-order valence-electron chi connectivity index (χ2n) is 7.01. The van der Waals surface area contributed by atoms with Crippen molar-refractivity contribution in [3.8, 4) is 0 Å². The molecule has 1 aromatic rings. The molecule has 2 heterocycles. The monoisotopic (exact) mass is 413 g/mol. The summed E-state index contributed by atoms with van der Waals surface area (Å²) in [5, 5.41) is 3.12. The van der Waals surface area contributed by atoms with Gasteiger partial charge in [0.15, 0.2) is 9.84 Å². The van der Waals surface area contributed by atoms with Gasteiger partial charge in [0.05, 0.1) is 11.5 Å². The third-order valence-corrected chi connectivity index (χ3v) is 7.14. The third kappa shape index (κ3) is 3.66. The van der Waals surface area contributed by atoms with Gasteiger partial charge in [-0.3, -0.25) is 14.5 Å². The molecule has 8 nitrogen and oxygen atoms in total. The Bertz CT molecular complexity index is 902. The van der Waals surface area contributed by atoms with Crippen LogP contribution in [0.2, 0.25) is 5.02 Å². The van der Waals surface area contributed by atoms with Crippen LogP contribution in [0.1, 0.15) is 18.9 Å². The van der Waals surface area contributed by atoms with Crippen LogP contribution < -0.4 is 5.32 Å². The minimum Gasteiger partial charge on any atom is -0.340 e. The van der Waals surface area contributed by atoms with E-state index in [1.165, 1.54) is 11.9 Å². The zero-order valence-corrected chi connectivity index (χ0v) is 16.5. The average Bonchev–Trinajstić information content (AvgIpc) is 3.07. The Kier molecular flexibility index (Phi) is 4.94. The van der Waals surface area contributed by atoms with E-state index >= 15 is 0 Å². The van der Waals surface area contributed by atoms with Gasteiger partial charge in [-0.2, -0.15) is 0 Å². The van der Waals surface area contributed by atoms with Crippen LogP contribution in [0.25, 0.3) is 0 Å². The predicted molar refractivity (Wildman–Crippen MR) is 98.9 cm³/mol. The molecule has 2 fully saturated rings. The van der Waals surface area contributed by atoms with Crippen molar-refractivity contribution >= 4 is 39.3 Å². The molecule has 10 heteroatoms. The Labute approximate surface area is 162 Å². The molecule has 0 aromatic heterocycles. The van der Waals surface area contributed by atoms with Crippen LogP contribution in [-0.2, 0) is 25.0 Å². The van der Waals surface area contributed by atoms with E-state index in [0.717, 1.165) is 4.90 Å². The topological polar surface area (TPSA) is 104 Å². The molecule has 0 aliphatic carbocycles. The lowest BCUT2D eigenvalue weighted by Gasteiger charge is -2.26. The number of nitrogens with zero attached hydrogens (tertiary/aromatic N) is 2. The van der Waals surface area contributed by atoms with Crippen LogP contribution in [0.4, 0.5) is 4.79 Å². The van der Waals surface area contributed by atoms with Crippen LogP contribution in [0.5, 0.6) is 0 Å². The van der Waals surface area contributed by atoms with Gasteiger partial charge in [-0.05, 0) is 31.0 Å². The van der Waals surface area contributed by atoms with Gasteiger partial charge in [-0.1, -0.05) is 23.7 Å². The maximum Gasteiger partial charge on any atom is 0.325 e. The van der Waals surface area contributed by atoms with Crippen molar-refractivity contribution in [1.82, 2.24) is 15.1 Å². The van der Waals surface area contributed by atoms with Gasteiger partial charge in [0.1, 0.15) is 12.1 Å². The zero-order valence-electron chi connectivity index (χ0n) is 14.9. The first-order chi connectivity index (χ1) is 12.5. The Hall–Kier alpha value is -2.13. The molecule has 0 saturated carbocycles. The molecule has 3 rings (SSSR count). The first-order valence-corrected chi connectivity index (χ1v) is 10.6.